The van der Waals surface area contributed by atoms with E-state index in [1.165, 1.54) is 32.1 Å². The molecule has 1 aromatic heterocycles. The van der Waals surface area contributed by atoms with E-state index >= 15 is 0 Å². The van der Waals surface area contributed by atoms with E-state index in [1.54, 1.807) is 18.9 Å². The molecule has 1 saturated heterocycles. The molecule has 2 fully saturated rings. The number of aromatic nitrogens is 1. The van der Waals surface area contributed by atoms with E-state index in [0.29, 0.717) is 26.1 Å². The number of carbonyl (C=O) groups is 2. The number of amides is 2. The number of methoxy groups -OCH3 is 1. The molecule has 2 aliphatic rings. The number of benzene rings is 2. The highest BCUT2D eigenvalue weighted by atomic mass is 16.5. The summed E-state index contributed by atoms with van der Waals surface area (Å²) in [6.07, 6.45) is 9.34. The van der Waals surface area contributed by atoms with Crippen LogP contribution in [0.2, 0.25) is 0 Å². The summed E-state index contributed by atoms with van der Waals surface area (Å²) in [4.78, 5) is 36.3. The molecule has 2 heterocycles. The van der Waals surface area contributed by atoms with Gasteiger partial charge < -0.3 is 19.9 Å². The Morgan fingerprint density at radius 1 is 1.00 bits per heavy atom. The monoisotopic (exact) mass is 559 g/mol. The van der Waals surface area contributed by atoms with Gasteiger partial charge in [-0.15, -0.1) is 0 Å². The topological polar surface area (TPSA) is 80.9 Å². The molecule has 0 radical (unpaired) electrons. The van der Waals surface area contributed by atoms with Gasteiger partial charge in [0.1, 0.15) is 5.75 Å². The zero-order valence-corrected chi connectivity index (χ0v) is 24.6. The molecular formula is C33H45N5O3. The second kappa shape index (κ2) is 14.0. The summed E-state index contributed by atoms with van der Waals surface area (Å²) in [6.45, 7) is 6.72. The van der Waals surface area contributed by atoms with Crippen LogP contribution in [0.5, 0.6) is 5.75 Å². The van der Waals surface area contributed by atoms with Crippen LogP contribution in [-0.2, 0) is 22.6 Å². The number of nitrogens with one attached hydrogen (secondary N) is 2. The van der Waals surface area contributed by atoms with Gasteiger partial charge in [0.2, 0.25) is 11.8 Å². The van der Waals surface area contributed by atoms with Crippen LogP contribution >= 0.6 is 0 Å². The van der Waals surface area contributed by atoms with Crippen molar-refractivity contribution < 1.29 is 14.3 Å². The predicted molar refractivity (Wildman–Crippen MR) is 163 cm³/mol. The molecule has 2 aromatic carbocycles. The number of aromatic amines is 1. The van der Waals surface area contributed by atoms with Crippen LogP contribution in [0.15, 0.2) is 54.7 Å². The molecule has 0 bridgehead atoms. The second-order valence-corrected chi connectivity index (χ2v) is 11.6. The number of piperazine rings is 1. The van der Waals surface area contributed by atoms with Crippen LogP contribution in [-0.4, -0.2) is 90.0 Å². The molecule has 41 heavy (non-hydrogen) atoms. The van der Waals surface area contributed by atoms with Crippen molar-refractivity contribution in [3.05, 3.63) is 65.9 Å². The van der Waals surface area contributed by atoms with E-state index in [0.717, 1.165) is 60.0 Å². The second-order valence-electron chi connectivity index (χ2n) is 11.6. The molecule has 8 nitrogen and oxygen atoms in total. The number of para-hydroxylation sites is 2. The smallest absolute Gasteiger partial charge is 0.234 e. The minimum atomic E-state index is -0.233. The summed E-state index contributed by atoms with van der Waals surface area (Å²) >= 11 is 0. The van der Waals surface area contributed by atoms with Gasteiger partial charge in [0, 0.05) is 74.9 Å². The molecule has 0 unspecified atom stereocenters. The summed E-state index contributed by atoms with van der Waals surface area (Å²) in [5, 5.41) is 4.45. The first kappa shape index (κ1) is 29.1. The lowest BCUT2D eigenvalue weighted by Gasteiger charge is -2.40. The summed E-state index contributed by atoms with van der Waals surface area (Å²) in [5.41, 5.74) is 3.15. The van der Waals surface area contributed by atoms with Crippen molar-refractivity contribution in [2.24, 2.45) is 0 Å². The Morgan fingerprint density at radius 3 is 2.49 bits per heavy atom. The van der Waals surface area contributed by atoms with Crippen molar-refractivity contribution in [1.29, 1.82) is 0 Å². The number of rotatable bonds is 11. The molecular weight excluding hydrogens is 514 g/mol. The Labute approximate surface area is 244 Å². The summed E-state index contributed by atoms with van der Waals surface area (Å²) in [7, 11) is 1.64. The molecule has 2 amide bonds. The summed E-state index contributed by atoms with van der Waals surface area (Å²) < 4.78 is 5.54. The van der Waals surface area contributed by atoms with Crippen molar-refractivity contribution in [2.45, 2.75) is 64.1 Å². The van der Waals surface area contributed by atoms with Crippen molar-refractivity contribution in [2.75, 3.05) is 46.4 Å². The van der Waals surface area contributed by atoms with Gasteiger partial charge in [0.15, 0.2) is 0 Å². The summed E-state index contributed by atoms with van der Waals surface area (Å²) in [6, 6.07) is 16.5. The van der Waals surface area contributed by atoms with Crippen molar-refractivity contribution >= 4 is 22.7 Å². The molecule has 5 rings (SSSR count). The molecule has 220 valence electrons. The van der Waals surface area contributed by atoms with Crippen molar-refractivity contribution in [3.63, 3.8) is 0 Å². The molecule has 1 aliphatic carbocycles. The third-order valence-electron chi connectivity index (χ3n) is 8.81. The first-order valence-electron chi connectivity index (χ1n) is 15.2. The molecule has 8 heteroatoms. The SMILES string of the molecule is COc1ccccc1CN(C[C@H](Cc1c[nH]c2ccccc12)NC(=O)CN1CCN(C2CCCCC2)CC1)C(C)=O. The maximum Gasteiger partial charge on any atom is 0.234 e. The molecule has 2 N–H and O–H groups in total. The maximum absolute atomic E-state index is 13.4. The van der Waals surface area contributed by atoms with Gasteiger partial charge in [-0.2, -0.15) is 0 Å². The summed E-state index contributed by atoms with van der Waals surface area (Å²) in [5.74, 6) is 0.734. The lowest BCUT2D eigenvalue weighted by Crippen LogP contribution is -2.54. The average molecular weight is 560 g/mol. The first-order valence-corrected chi connectivity index (χ1v) is 15.2. The van der Waals surface area contributed by atoms with E-state index in [4.69, 9.17) is 4.74 Å². The highest BCUT2D eigenvalue weighted by molar-refractivity contribution is 5.83. The van der Waals surface area contributed by atoms with E-state index < -0.39 is 0 Å². The first-order chi connectivity index (χ1) is 20.0. The zero-order valence-electron chi connectivity index (χ0n) is 24.6. The number of H-pyrrole nitrogens is 1. The van der Waals surface area contributed by atoms with Crippen LogP contribution in [0.4, 0.5) is 0 Å². The van der Waals surface area contributed by atoms with Crippen LogP contribution in [0.3, 0.4) is 0 Å². The lowest BCUT2D eigenvalue weighted by molar-refractivity contribution is -0.131. The van der Waals surface area contributed by atoms with Crippen molar-refractivity contribution in [1.82, 2.24) is 25.0 Å². The standard InChI is InChI=1S/C33H45N5O3/c1-25(39)38(22-26-10-6-9-15-32(26)41-2)23-28(20-27-21-34-31-14-8-7-13-30(27)31)35-33(40)24-36-16-18-37(19-17-36)29-11-4-3-5-12-29/h6-10,13-15,21,28-29,34H,3-5,11-12,16-20,22-24H2,1-2H3,(H,35,40)/t28-/m0/s1. The molecule has 3 aromatic rings. The van der Waals surface area contributed by atoms with Crippen LogP contribution < -0.4 is 10.1 Å². The van der Waals surface area contributed by atoms with Gasteiger partial charge in [-0.3, -0.25) is 19.4 Å². The van der Waals surface area contributed by atoms with E-state index in [2.05, 4.69) is 32.2 Å². The van der Waals surface area contributed by atoms with Crippen LogP contribution in [0.25, 0.3) is 10.9 Å². The Kier molecular flexibility index (Phi) is 9.96. The molecule has 0 spiro atoms. The molecule has 1 aliphatic heterocycles. The van der Waals surface area contributed by atoms with Gasteiger partial charge in [-0.1, -0.05) is 55.7 Å². The van der Waals surface area contributed by atoms with Crippen LogP contribution in [0.1, 0.15) is 50.2 Å². The van der Waals surface area contributed by atoms with Gasteiger partial charge in [0.05, 0.1) is 19.7 Å². The third kappa shape index (κ3) is 7.68. The number of nitrogens with zero attached hydrogens (tertiary/aromatic N) is 3. The number of hydrogen-bond acceptors (Lipinski definition) is 5. The number of ether oxygens (including phenoxy) is 1. The Hall–Kier alpha value is -3.36. The fourth-order valence-electron chi connectivity index (χ4n) is 6.55. The minimum absolute atomic E-state index is 0.0155. The fraction of sp³-hybridized carbons (Fsp3) is 0.515. The zero-order chi connectivity index (χ0) is 28.6. The number of fused-ring (bicyclic) bond motifs is 1. The average Bonchev–Trinajstić information content (AvgIpc) is 3.40. The quantitative estimate of drug-likeness (QED) is 0.368. The van der Waals surface area contributed by atoms with Gasteiger partial charge in [-0.05, 0) is 37.0 Å². The van der Waals surface area contributed by atoms with Crippen molar-refractivity contribution in [3.8, 4) is 5.75 Å². The Morgan fingerprint density at radius 2 is 1.73 bits per heavy atom. The maximum atomic E-state index is 13.4. The fourth-order valence-corrected chi connectivity index (χ4v) is 6.55. The lowest BCUT2D eigenvalue weighted by atomic mass is 9.94. The van der Waals surface area contributed by atoms with E-state index in [-0.39, 0.29) is 17.9 Å². The highest BCUT2D eigenvalue weighted by Crippen LogP contribution is 2.24. The van der Waals surface area contributed by atoms with E-state index in [1.807, 2.05) is 42.6 Å². The highest BCUT2D eigenvalue weighted by Gasteiger charge is 2.27. The van der Waals surface area contributed by atoms with E-state index in [9.17, 15) is 9.59 Å². The van der Waals surface area contributed by atoms with Gasteiger partial charge in [-0.25, -0.2) is 0 Å². The van der Waals surface area contributed by atoms with Crippen LogP contribution in [0, 0.1) is 0 Å². The van der Waals surface area contributed by atoms with Gasteiger partial charge >= 0.3 is 0 Å². The van der Waals surface area contributed by atoms with Gasteiger partial charge in [0.25, 0.3) is 0 Å². The Balaban J connectivity index is 1.25. The Bertz CT molecular complexity index is 1290. The molecule has 1 atom stereocenters. The predicted octanol–water partition coefficient (Wildman–Crippen LogP) is 4.20. The largest absolute Gasteiger partial charge is 0.496 e. The third-order valence-corrected chi connectivity index (χ3v) is 8.81. The molecule has 1 saturated carbocycles. The minimum Gasteiger partial charge on any atom is -0.496 e. The number of hydrogen-bond donors (Lipinski definition) is 2. The normalized spacial score (nSPS) is 17.8. The number of carbonyl (C=O) groups excluding carboxylic acids is 2.